The second kappa shape index (κ2) is 9.93. The third-order valence-corrected chi connectivity index (χ3v) is 6.22. The fraction of sp³-hybridized carbons (Fsp3) is 0.259. The van der Waals surface area contributed by atoms with Crippen molar-refractivity contribution in [2.75, 3.05) is 7.11 Å². The van der Waals surface area contributed by atoms with Gasteiger partial charge >= 0.3 is 18.2 Å². The quantitative estimate of drug-likeness (QED) is 0.429. The number of amides is 1. The smallest absolute Gasteiger partial charge is 0.416 e. The predicted octanol–water partition coefficient (Wildman–Crippen LogP) is 5.88. The van der Waals surface area contributed by atoms with Crippen LogP contribution in [-0.4, -0.2) is 35.2 Å². The number of cyclic esters (lactones) is 1. The number of benzene rings is 3. The van der Waals surface area contributed by atoms with Crippen LogP contribution >= 0.6 is 0 Å². The van der Waals surface area contributed by atoms with Gasteiger partial charge in [0, 0.05) is 5.56 Å². The molecule has 4 rings (SSSR count). The Morgan fingerprint density at radius 1 is 1.06 bits per heavy atom. The molecule has 1 fully saturated rings. The Hall–Kier alpha value is -4.01. The van der Waals surface area contributed by atoms with E-state index in [0.29, 0.717) is 11.1 Å². The van der Waals surface area contributed by atoms with E-state index in [1.807, 2.05) is 30.3 Å². The van der Waals surface area contributed by atoms with Crippen LogP contribution in [0.3, 0.4) is 0 Å². The summed E-state index contributed by atoms with van der Waals surface area (Å²) in [5.41, 5.74) is 1.12. The third-order valence-electron chi connectivity index (χ3n) is 6.22. The molecule has 0 aliphatic carbocycles. The number of phenolic OH excluding ortho intramolecular Hbond substituents is 1. The second-order valence-corrected chi connectivity index (χ2v) is 8.56. The molecule has 6 nitrogen and oxygen atoms in total. The Kier molecular flexibility index (Phi) is 6.92. The van der Waals surface area contributed by atoms with Crippen LogP contribution in [0.15, 0.2) is 66.7 Å². The second-order valence-electron chi connectivity index (χ2n) is 8.56. The zero-order valence-electron chi connectivity index (χ0n) is 19.6. The summed E-state index contributed by atoms with van der Waals surface area (Å²) < 4.78 is 50.9. The molecule has 1 heterocycles. The van der Waals surface area contributed by atoms with Crippen LogP contribution in [0, 0.1) is 0 Å². The number of hydrogen-bond donors (Lipinski definition) is 1. The fourth-order valence-electron chi connectivity index (χ4n) is 4.30. The van der Waals surface area contributed by atoms with Crippen molar-refractivity contribution in [3.05, 3.63) is 89.0 Å². The highest BCUT2D eigenvalue weighted by atomic mass is 19.4. The molecule has 3 aromatic rings. The highest BCUT2D eigenvalue weighted by Gasteiger charge is 2.40. The molecule has 1 aliphatic rings. The maximum absolute atomic E-state index is 13.6. The normalized spacial score (nSPS) is 17.7. The minimum Gasteiger partial charge on any atom is -0.507 e. The standard InChI is InChI=1S/C27H24F3NO5/c1-16-25(18-6-4-3-5-7-18)36-26(34)31(16)15-19-14-20(27(28,29)30)9-10-21(19)22-12-17(8-11-23(22)32)13-24(33)35-2/h3-12,14,16,25,32H,13,15H2,1-2H3/t16-,25-/m0/s1. The van der Waals surface area contributed by atoms with E-state index in [1.54, 1.807) is 6.92 Å². The average Bonchev–Trinajstić information content (AvgIpc) is 3.13. The van der Waals surface area contributed by atoms with Crippen LogP contribution in [0.25, 0.3) is 11.1 Å². The van der Waals surface area contributed by atoms with Crippen LogP contribution in [-0.2, 0) is 33.4 Å². The number of methoxy groups -OCH3 is 1. The van der Waals surface area contributed by atoms with Crippen molar-refractivity contribution >= 4 is 12.1 Å². The summed E-state index contributed by atoms with van der Waals surface area (Å²) in [4.78, 5) is 25.8. The first-order chi connectivity index (χ1) is 17.1. The van der Waals surface area contributed by atoms with Crippen molar-refractivity contribution in [3.8, 4) is 16.9 Å². The van der Waals surface area contributed by atoms with Crippen LogP contribution in [0.5, 0.6) is 5.75 Å². The zero-order valence-corrected chi connectivity index (χ0v) is 19.6. The Morgan fingerprint density at radius 3 is 2.44 bits per heavy atom. The number of rotatable bonds is 6. The Balaban J connectivity index is 1.74. The van der Waals surface area contributed by atoms with E-state index in [-0.39, 0.29) is 29.8 Å². The topological polar surface area (TPSA) is 76.1 Å². The molecular formula is C27H24F3NO5. The number of ether oxygens (including phenoxy) is 2. The van der Waals surface area contributed by atoms with Gasteiger partial charge in [-0.25, -0.2) is 4.79 Å². The lowest BCUT2D eigenvalue weighted by Gasteiger charge is -2.23. The summed E-state index contributed by atoms with van der Waals surface area (Å²) in [6.07, 6.45) is -5.91. The van der Waals surface area contributed by atoms with E-state index in [4.69, 9.17) is 4.74 Å². The number of alkyl halides is 3. The molecule has 0 spiro atoms. The SMILES string of the molecule is COC(=O)Cc1ccc(O)c(-c2ccc(C(F)(F)F)cc2CN2C(=O)O[C@H](c3ccccc3)[C@@H]2C)c1. The first kappa shape index (κ1) is 25.1. The molecule has 1 amide bonds. The molecule has 0 bridgehead atoms. The van der Waals surface area contributed by atoms with Gasteiger partial charge in [0.05, 0.1) is 31.7 Å². The molecule has 0 unspecified atom stereocenters. The van der Waals surface area contributed by atoms with Gasteiger partial charge in [-0.1, -0.05) is 42.5 Å². The van der Waals surface area contributed by atoms with Gasteiger partial charge in [-0.3, -0.25) is 9.69 Å². The molecule has 0 saturated carbocycles. The number of nitrogens with zero attached hydrogens (tertiary/aromatic N) is 1. The third kappa shape index (κ3) is 5.15. The van der Waals surface area contributed by atoms with E-state index in [2.05, 4.69) is 4.74 Å². The van der Waals surface area contributed by atoms with Crippen molar-refractivity contribution in [3.63, 3.8) is 0 Å². The molecule has 9 heteroatoms. The van der Waals surface area contributed by atoms with Gasteiger partial charge in [-0.2, -0.15) is 13.2 Å². The van der Waals surface area contributed by atoms with Gasteiger partial charge in [0.25, 0.3) is 0 Å². The molecule has 0 radical (unpaired) electrons. The molecule has 0 aromatic heterocycles. The summed E-state index contributed by atoms with van der Waals surface area (Å²) in [6.45, 7) is 1.59. The van der Waals surface area contributed by atoms with Gasteiger partial charge in [0.2, 0.25) is 0 Å². The van der Waals surface area contributed by atoms with Gasteiger partial charge in [0.15, 0.2) is 0 Å². The minimum absolute atomic E-state index is 0.0754. The van der Waals surface area contributed by atoms with Gasteiger partial charge in [0.1, 0.15) is 11.9 Å². The average molecular weight is 499 g/mol. The lowest BCUT2D eigenvalue weighted by Crippen LogP contribution is -2.31. The van der Waals surface area contributed by atoms with Crippen LogP contribution in [0.4, 0.5) is 18.0 Å². The largest absolute Gasteiger partial charge is 0.507 e. The molecule has 36 heavy (non-hydrogen) atoms. The van der Waals surface area contributed by atoms with Crippen molar-refractivity contribution in [2.24, 2.45) is 0 Å². The lowest BCUT2D eigenvalue weighted by atomic mass is 9.94. The summed E-state index contributed by atoms with van der Waals surface area (Å²) in [5.74, 6) is -0.677. The molecule has 1 N–H and O–H groups in total. The molecule has 1 saturated heterocycles. The molecule has 188 valence electrons. The Labute approximate surface area is 205 Å². The lowest BCUT2D eigenvalue weighted by molar-refractivity contribution is -0.140. The van der Waals surface area contributed by atoms with E-state index >= 15 is 0 Å². The van der Waals surface area contributed by atoms with Gasteiger partial charge in [-0.05, 0) is 53.4 Å². The van der Waals surface area contributed by atoms with Crippen molar-refractivity contribution in [1.82, 2.24) is 4.90 Å². The molecular weight excluding hydrogens is 475 g/mol. The van der Waals surface area contributed by atoms with Crippen molar-refractivity contribution < 1.29 is 37.3 Å². The number of carbonyl (C=O) groups excluding carboxylic acids is 2. The van der Waals surface area contributed by atoms with Crippen LogP contribution in [0.1, 0.15) is 35.3 Å². The first-order valence-electron chi connectivity index (χ1n) is 11.2. The van der Waals surface area contributed by atoms with Crippen molar-refractivity contribution in [2.45, 2.75) is 38.2 Å². The molecule has 2 atom stereocenters. The van der Waals surface area contributed by atoms with E-state index in [9.17, 15) is 27.9 Å². The molecule has 1 aliphatic heterocycles. The van der Waals surface area contributed by atoms with E-state index in [0.717, 1.165) is 17.7 Å². The summed E-state index contributed by atoms with van der Waals surface area (Å²) in [6, 6.07) is 16.2. The molecule has 3 aromatic carbocycles. The number of phenols is 1. The highest BCUT2D eigenvalue weighted by Crippen LogP contribution is 2.39. The maximum Gasteiger partial charge on any atom is 0.416 e. The monoisotopic (exact) mass is 499 g/mol. The maximum atomic E-state index is 13.6. The summed E-state index contributed by atoms with van der Waals surface area (Å²) in [5, 5.41) is 10.5. The van der Waals surface area contributed by atoms with Gasteiger partial charge < -0.3 is 14.6 Å². The number of carbonyl (C=O) groups is 2. The van der Waals surface area contributed by atoms with Crippen LogP contribution < -0.4 is 0 Å². The fourth-order valence-corrected chi connectivity index (χ4v) is 4.30. The summed E-state index contributed by atoms with van der Waals surface area (Å²) >= 11 is 0. The number of esters is 1. The Bertz CT molecular complexity index is 1280. The van der Waals surface area contributed by atoms with E-state index in [1.165, 1.54) is 36.3 Å². The first-order valence-corrected chi connectivity index (χ1v) is 11.2. The Morgan fingerprint density at radius 2 is 1.78 bits per heavy atom. The minimum atomic E-state index is -4.61. The number of halogens is 3. The van der Waals surface area contributed by atoms with E-state index < -0.39 is 35.9 Å². The predicted molar refractivity (Wildman–Crippen MR) is 125 cm³/mol. The summed E-state index contributed by atoms with van der Waals surface area (Å²) in [7, 11) is 1.25. The van der Waals surface area contributed by atoms with Crippen molar-refractivity contribution in [1.29, 1.82) is 0 Å². The number of aromatic hydroxyl groups is 1. The number of hydrogen-bond acceptors (Lipinski definition) is 5. The highest BCUT2D eigenvalue weighted by molar-refractivity contribution is 5.78. The van der Waals surface area contributed by atoms with Crippen LogP contribution in [0.2, 0.25) is 0 Å². The zero-order chi connectivity index (χ0) is 26.0. The van der Waals surface area contributed by atoms with Gasteiger partial charge in [-0.15, -0.1) is 0 Å².